The predicted molar refractivity (Wildman–Crippen MR) is 114 cm³/mol. The molecule has 2 unspecified atom stereocenters. The SMILES string of the molecule is c1ccc(C2NCCCC2NCc2cc(-c3cnccn3)cc3ccoc23)cc1. The molecule has 2 N–H and O–H groups in total. The minimum Gasteiger partial charge on any atom is -0.464 e. The van der Waals surface area contributed by atoms with E-state index in [1.807, 2.05) is 6.07 Å². The third-order valence-electron chi connectivity index (χ3n) is 5.66. The zero-order chi connectivity index (χ0) is 19.5. The second-order valence-electron chi connectivity index (χ2n) is 7.54. The normalized spacial score (nSPS) is 19.4. The van der Waals surface area contributed by atoms with Gasteiger partial charge in [0.25, 0.3) is 0 Å². The highest BCUT2D eigenvalue weighted by molar-refractivity contribution is 5.85. The fourth-order valence-electron chi connectivity index (χ4n) is 4.24. The minimum atomic E-state index is 0.320. The summed E-state index contributed by atoms with van der Waals surface area (Å²) in [5.41, 5.74) is 5.35. The molecule has 5 heteroatoms. The van der Waals surface area contributed by atoms with E-state index in [9.17, 15) is 0 Å². The smallest absolute Gasteiger partial charge is 0.138 e. The fourth-order valence-corrected chi connectivity index (χ4v) is 4.24. The van der Waals surface area contributed by atoms with Crippen LogP contribution >= 0.6 is 0 Å². The van der Waals surface area contributed by atoms with Crippen molar-refractivity contribution in [3.63, 3.8) is 0 Å². The van der Waals surface area contributed by atoms with E-state index in [1.165, 1.54) is 12.0 Å². The van der Waals surface area contributed by atoms with Gasteiger partial charge >= 0.3 is 0 Å². The van der Waals surface area contributed by atoms with Crippen LogP contribution in [0.4, 0.5) is 0 Å². The molecule has 2 aromatic heterocycles. The number of rotatable bonds is 5. The number of fused-ring (bicyclic) bond motifs is 1. The average Bonchev–Trinajstić information content (AvgIpc) is 3.28. The number of piperidine rings is 1. The first kappa shape index (κ1) is 18.0. The topological polar surface area (TPSA) is 63.0 Å². The molecule has 0 spiro atoms. The molecule has 0 bridgehead atoms. The third-order valence-corrected chi connectivity index (χ3v) is 5.66. The molecule has 3 heterocycles. The summed E-state index contributed by atoms with van der Waals surface area (Å²) in [5, 5.41) is 8.56. The molecular formula is C24H24N4O. The molecule has 2 atom stereocenters. The Morgan fingerprint density at radius 2 is 2.03 bits per heavy atom. The van der Waals surface area contributed by atoms with Crippen molar-refractivity contribution in [1.29, 1.82) is 0 Å². The lowest BCUT2D eigenvalue weighted by Crippen LogP contribution is -2.45. The van der Waals surface area contributed by atoms with E-state index in [0.29, 0.717) is 12.1 Å². The number of furan rings is 1. The fraction of sp³-hybridized carbons (Fsp3) is 0.250. The van der Waals surface area contributed by atoms with Crippen LogP contribution in [0.5, 0.6) is 0 Å². The van der Waals surface area contributed by atoms with Crippen LogP contribution in [0.3, 0.4) is 0 Å². The van der Waals surface area contributed by atoms with Gasteiger partial charge in [-0.25, -0.2) is 0 Å². The zero-order valence-electron chi connectivity index (χ0n) is 16.2. The average molecular weight is 384 g/mol. The van der Waals surface area contributed by atoms with Gasteiger partial charge in [-0.05, 0) is 43.1 Å². The molecule has 0 aliphatic carbocycles. The third kappa shape index (κ3) is 3.79. The van der Waals surface area contributed by atoms with Crippen LogP contribution in [0.25, 0.3) is 22.2 Å². The predicted octanol–water partition coefficient (Wildman–Crippen LogP) is 4.47. The number of aromatic nitrogens is 2. The summed E-state index contributed by atoms with van der Waals surface area (Å²) < 4.78 is 5.80. The van der Waals surface area contributed by atoms with Crippen molar-refractivity contribution in [2.24, 2.45) is 0 Å². The maximum absolute atomic E-state index is 5.80. The monoisotopic (exact) mass is 384 g/mol. The second-order valence-corrected chi connectivity index (χ2v) is 7.54. The van der Waals surface area contributed by atoms with Gasteiger partial charge in [0.2, 0.25) is 0 Å². The van der Waals surface area contributed by atoms with Gasteiger partial charge < -0.3 is 15.1 Å². The molecule has 1 fully saturated rings. The highest BCUT2D eigenvalue weighted by Gasteiger charge is 2.25. The van der Waals surface area contributed by atoms with Gasteiger partial charge in [0, 0.05) is 47.5 Å². The molecule has 0 radical (unpaired) electrons. The van der Waals surface area contributed by atoms with Crippen LogP contribution in [-0.2, 0) is 6.54 Å². The Kier molecular flexibility index (Phi) is 5.07. The van der Waals surface area contributed by atoms with Crippen LogP contribution in [-0.4, -0.2) is 22.6 Å². The standard InChI is InChI=1S/C24H24N4O/c1-2-5-17(6-3-1)23-21(7-4-9-27-23)28-15-20-14-19(22-16-25-10-11-26-22)13-18-8-12-29-24(18)20/h1-3,5-6,8,10-14,16,21,23,27-28H,4,7,9,15H2. The van der Waals surface area contributed by atoms with E-state index >= 15 is 0 Å². The van der Waals surface area contributed by atoms with Crippen LogP contribution < -0.4 is 10.6 Å². The molecule has 0 saturated carbocycles. The van der Waals surface area contributed by atoms with Crippen molar-refractivity contribution in [2.75, 3.05) is 6.54 Å². The largest absolute Gasteiger partial charge is 0.464 e. The van der Waals surface area contributed by atoms with E-state index in [-0.39, 0.29) is 0 Å². The van der Waals surface area contributed by atoms with Gasteiger partial charge in [-0.2, -0.15) is 0 Å². The van der Waals surface area contributed by atoms with Crippen molar-refractivity contribution in [1.82, 2.24) is 20.6 Å². The van der Waals surface area contributed by atoms with Gasteiger partial charge in [-0.3, -0.25) is 9.97 Å². The molecule has 1 saturated heterocycles. The summed E-state index contributed by atoms with van der Waals surface area (Å²) in [6.45, 7) is 1.80. The van der Waals surface area contributed by atoms with E-state index in [1.54, 1.807) is 24.9 Å². The molecule has 1 aliphatic heterocycles. The first-order valence-corrected chi connectivity index (χ1v) is 10.2. The Morgan fingerprint density at radius 1 is 1.10 bits per heavy atom. The molecule has 0 amide bonds. The molecule has 29 heavy (non-hydrogen) atoms. The van der Waals surface area contributed by atoms with Crippen molar-refractivity contribution in [2.45, 2.75) is 31.5 Å². The molecule has 146 valence electrons. The number of nitrogens with one attached hydrogen (secondary N) is 2. The highest BCUT2D eigenvalue weighted by atomic mass is 16.3. The van der Waals surface area contributed by atoms with Crippen LogP contribution in [0, 0.1) is 0 Å². The number of benzene rings is 2. The lowest BCUT2D eigenvalue weighted by Gasteiger charge is -2.34. The highest BCUT2D eigenvalue weighted by Crippen LogP contribution is 2.29. The van der Waals surface area contributed by atoms with Gasteiger partial charge in [0.15, 0.2) is 0 Å². The van der Waals surface area contributed by atoms with Gasteiger partial charge in [-0.15, -0.1) is 0 Å². The van der Waals surface area contributed by atoms with E-state index in [0.717, 1.165) is 47.3 Å². The van der Waals surface area contributed by atoms with E-state index in [2.05, 4.69) is 63.1 Å². The quantitative estimate of drug-likeness (QED) is 0.531. The molecule has 2 aromatic carbocycles. The Balaban J connectivity index is 1.42. The van der Waals surface area contributed by atoms with Crippen molar-refractivity contribution in [3.8, 4) is 11.3 Å². The summed E-state index contributed by atoms with van der Waals surface area (Å²) in [6.07, 6.45) is 9.31. The van der Waals surface area contributed by atoms with Gasteiger partial charge in [0.1, 0.15) is 5.58 Å². The van der Waals surface area contributed by atoms with Crippen LogP contribution in [0.2, 0.25) is 0 Å². The lowest BCUT2D eigenvalue weighted by atomic mass is 9.92. The molecule has 5 nitrogen and oxygen atoms in total. The van der Waals surface area contributed by atoms with Crippen LogP contribution in [0.15, 0.2) is 77.8 Å². The first-order chi connectivity index (χ1) is 14.4. The molecule has 1 aliphatic rings. The second kappa shape index (κ2) is 8.15. The number of nitrogens with zero attached hydrogens (tertiary/aromatic N) is 2. The summed E-state index contributed by atoms with van der Waals surface area (Å²) in [7, 11) is 0. The molecule has 4 aromatic rings. The Morgan fingerprint density at radius 3 is 2.90 bits per heavy atom. The van der Waals surface area contributed by atoms with Crippen molar-refractivity contribution >= 4 is 11.0 Å². The van der Waals surface area contributed by atoms with E-state index in [4.69, 9.17) is 4.42 Å². The maximum Gasteiger partial charge on any atom is 0.138 e. The Bertz CT molecular complexity index is 1080. The lowest BCUT2D eigenvalue weighted by molar-refractivity contribution is 0.304. The summed E-state index contributed by atoms with van der Waals surface area (Å²) in [5.74, 6) is 0. The zero-order valence-corrected chi connectivity index (χ0v) is 16.2. The number of hydrogen-bond donors (Lipinski definition) is 2. The minimum absolute atomic E-state index is 0.320. The first-order valence-electron chi connectivity index (χ1n) is 10.2. The van der Waals surface area contributed by atoms with Crippen molar-refractivity contribution < 1.29 is 4.42 Å². The van der Waals surface area contributed by atoms with Gasteiger partial charge in [-0.1, -0.05) is 30.3 Å². The maximum atomic E-state index is 5.80. The summed E-state index contributed by atoms with van der Waals surface area (Å²) in [4.78, 5) is 8.67. The Hall–Kier alpha value is -3.02. The van der Waals surface area contributed by atoms with E-state index < -0.39 is 0 Å². The van der Waals surface area contributed by atoms with Crippen LogP contribution in [0.1, 0.15) is 30.0 Å². The summed E-state index contributed by atoms with van der Waals surface area (Å²) in [6, 6.07) is 17.7. The summed E-state index contributed by atoms with van der Waals surface area (Å²) >= 11 is 0. The Labute approximate surface area is 170 Å². The number of hydrogen-bond acceptors (Lipinski definition) is 5. The molecular weight excluding hydrogens is 360 g/mol. The van der Waals surface area contributed by atoms with Crippen molar-refractivity contribution in [3.05, 3.63) is 84.5 Å². The molecule has 5 rings (SSSR count). The van der Waals surface area contributed by atoms with Gasteiger partial charge in [0.05, 0.1) is 18.2 Å².